The van der Waals surface area contributed by atoms with Crippen molar-refractivity contribution in [1.29, 1.82) is 0 Å². The van der Waals surface area contributed by atoms with Crippen molar-refractivity contribution in [3.63, 3.8) is 0 Å². The summed E-state index contributed by atoms with van der Waals surface area (Å²) in [4.78, 5) is 0. The van der Waals surface area contributed by atoms with E-state index in [0.29, 0.717) is 25.9 Å². The fraction of sp³-hybridized carbons (Fsp3) is 0.500. The second-order valence-corrected chi connectivity index (χ2v) is 3.63. The third kappa shape index (κ3) is 4.14. The second kappa shape index (κ2) is 6.43. The van der Waals surface area contributed by atoms with Gasteiger partial charge in [-0.3, -0.25) is 0 Å². The molecule has 4 heteroatoms. The van der Waals surface area contributed by atoms with Gasteiger partial charge in [0.2, 0.25) is 0 Å². The van der Waals surface area contributed by atoms with E-state index in [-0.39, 0.29) is 11.9 Å². The minimum absolute atomic E-state index is 0.0485. The number of hydrogen-bond acceptors (Lipinski definition) is 2. The molecule has 1 atom stereocenters. The molecule has 1 aromatic carbocycles. The second-order valence-electron chi connectivity index (χ2n) is 3.63. The molecule has 0 saturated carbocycles. The number of halogens is 2. The Kier molecular flexibility index (Phi) is 5.19. The van der Waals surface area contributed by atoms with Crippen LogP contribution in [0, 0.1) is 11.6 Å². The highest BCUT2D eigenvalue weighted by molar-refractivity contribution is 5.24. The fourth-order valence-electron chi connectivity index (χ4n) is 1.30. The van der Waals surface area contributed by atoms with E-state index in [2.05, 4.69) is 0 Å². The zero-order valence-electron chi connectivity index (χ0n) is 9.25. The van der Waals surface area contributed by atoms with Crippen molar-refractivity contribution in [2.45, 2.75) is 32.3 Å². The molecule has 0 fully saturated rings. The molecule has 2 nitrogen and oxygen atoms in total. The highest BCUT2D eigenvalue weighted by Crippen LogP contribution is 2.17. The first-order valence-corrected chi connectivity index (χ1v) is 5.39. The Morgan fingerprint density at radius 3 is 2.75 bits per heavy atom. The Labute approximate surface area is 93.9 Å². The van der Waals surface area contributed by atoms with E-state index < -0.39 is 11.6 Å². The summed E-state index contributed by atoms with van der Waals surface area (Å²) in [6.07, 6.45) is 1.64. The van der Waals surface area contributed by atoms with Crippen molar-refractivity contribution in [3.8, 4) is 5.75 Å². The van der Waals surface area contributed by atoms with Gasteiger partial charge in [0.15, 0.2) is 11.6 Å². The van der Waals surface area contributed by atoms with Gasteiger partial charge in [-0.25, -0.2) is 8.78 Å². The Hall–Kier alpha value is -1.16. The molecule has 0 aliphatic rings. The maximum atomic E-state index is 13.1. The summed E-state index contributed by atoms with van der Waals surface area (Å²) in [5, 5.41) is 9.27. The topological polar surface area (TPSA) is 29.5 Å². The van der Waals surface area contributed by atoms with Crippen LogP contribution in [0.1, 0.15) is 26.2 Å². The Morgan fingerprint density at radius 1 is 1.38 bits per heavy atom. The molecule has 1 aromatic rings. The van der Waals surface area contributed by atoms with Gasteiger partial charge in [-0.05, 0) is 31.4 Å². The quantitative estimate of drug-likeness (QED) is 0.761. The van der Waals surface area contributed by atoms with Gasteiger partial charge in [0.25, 0.3) is 0 Å². The number of hydrogen-bond donors (Lipinski definition) is 1. The number of aliphatic hydroxyl groups is 1. The third-order valence-electron chi connectivity index (χ3n) is 2.30. The van der Waals surface area contributed by atoms with Gasteiger partial charge in [-0.2, -0.15) is 0 Å². The normalized spacial score (nSPS) is 12.5. The monoisotopic (exact) mass is 230 g/mol. The molecule has 0 aliphatic heterocycles. The van der Waals surface area contributed by atoms with Crippen LogP contribution in [-0.4, -0.2) is 17.8 Å². The molecule has 0 heterocycles. The average Bonchev–Trinajstić information content (AvgIpc) is 2.26. The standard InChI is InChI=1S/C12H16F2O2/c1-2-10(15)4-3-7-16-12-6-5-9(13)8-11(12)14/h5-6,8,10,15H,2-4,7H2,1H3. The van der Waals surface area contributed by atoms with Gasteiger partial charge >= 0.3 is 0 Å². The first-order chi connectivity index (χ1) is 7.63. The van der Waals surface area contributed by atoms with Crippen LogP contribution in [0.4, 0.5) is 8.78 Å². The molecule has 0 radical (unpaired) electrons. The van der Waals surface area contributed by atoms with E-state index in [9.17, 15) is 13.9 Å². The number of benzene rings is 1. The van der Waals surface area contributed by atoms with Crippen LogP contribution in [0.25, 0.3) is 0 Å². The first kappa shape index (κ1) is 12.9. The smallest absolute Gasteiger partial charge is 0.167 e. The van der Waals surface area contributed by atoms with Gasteiger partial charge in [0.1, 0.15) is 5.82 Å². The molecule has 0 amide bonds. The van der Waals surface area contributed by atoms with Crippen molar-refractivity contribution >= 4 is 0 Å². The van der Waals surface area contributed by atoms with Crippen LogP contribution < -0.4 is 4.74 Å². The zero-order valence-corrected chi connectivity index (χ0v) is 9.25. The van der Waals surface area contributed by atoms with Crippen molar-refractivity contribution in [3.05, 3.63) is 29.8 Å². The maximum absolute atomic E-state index is 13.1. The van der Waals surface area contributed by atoms with Crippen molar-refractivity contribution < 1.29 is 18.6 Å². The number of aliphatic hydroxyl groups excluding tert-OH is 1. The molecule has 1 rings (SSSR count). The molecule has 16 heavy (non-hydrogen) atoms. The summed E-state index contributed by atoms with van der Waals surface area (Å²) in [6, 6.07) is 3.20. The maximum Gasteiger partial charge on any atom is 0.167 e. The van der Waals surface area contributed by atoms with Crippen molar-refractivity contribution in [1.82, 2.24) is 0 Å². The van der Waals surface area contributed by atoms with Crippen molar-refractivity contribution in [2.24, 2.45) is 0 Å². The molecule has 0 aliphatic carbocycles. The molecule has 1 unspecified atom stereocenters. The highest BCUT2D eigenvalue weighted by atomic mass is 19.1. The third-order valence-corrected chi connectivity index (χ3v) is 2.30. The predicted octanol–water partition coefficient (Wildman–Crippen LogP) is 2.89. The van der Waals surface area contributed by atoms with Crippen LogP contribution in [-0.2, 0) is 0 Å². The summed E-state index contributed by atoms with van der Waals surface area (Å²) in [5.41, 5.74) is 0. The fourth-order valence-corrected chi connectivity index (χ4v) is 1.30. The molecule has 0 bridgehead atoms. The minimum Gasteiger partial charge on any atom is -0.491 e. The molecule has 0 spiro atoms. The van der Waals surface area contributed by atoms with Gasteiger partial charge in [-0.15, -0.1) is 0 Å². The molecule has 90 valence electrons. The summed E-state index contributed by atoms with van der Waals surface area (Å²) >= 11 is 0. The van der Waals surface area contributed by atoms with Crippen LogP contribution >= 0.6 is 0 Å². The largest absolute Gasteiger partial charge is 0.491 e. The van der Waals surface area contributed by atoms with Crippen LogP contribution in [0.15, 0.2) is 18.2 Å². The van der Waals surface area contributed by atoms with E-state index in [1.165, 1.54) is 6.07 Å². The molecule has 0 aromatic heterocycles. The molecule has 0 saturated heterocycles. The first-order valence-electron chi connectivity index (χ1n) is 5.39. The van der Waals surface area contributed by atoms with Gasteiger partial charge < -0.3 is 9.84 Å². The highest BCUT2D eigenvalue weighted by Gasteiger charge is 2.05. The van der Waals surface area contributed by atoms with E-state index in [4.69, 9.17) is 4.74 Å². The molecule has 1 N–H and O–H groups in total. The van der Waals surface area contributed by atoms with Crippen LogP contribution in [0.5, 0.6) is 5.75 Å². The Balaban J connectivity index is 2.32. The molecular formula is C12H16F2O2. The van der Waals surface area contributed by atoms with E-state index in [1.807, 2.05) is 6.92 Å². The lowest BCUT2D eigenvalue weighted by molar-refractivity contribution is 0.148. The minimum atomic E-state index is -0.698. The summed E-state index contributed by atoms with van der Waals surface area (Å²) in [5.74, 6) is -1.27. The van der Waals surface area contributed by atoms with Gasteiger partial charge in [0, 0.05) is 6.07 Å². The lowest BCUT2D eigenvalue weighted by Crippen LogP contribution is -2.07. The number of ether oxygens (including phenoxy) is 1. The summed E-state index contributed by atoms with van der Waals surface area (Å²) in [6.45, 7) is 2.21. The lowest BCUT2D eigenvalue weighted by Gasteiger charge is -2.09. The summed E-state index contributed by atoms with van der Waals surface area (Å²) < 4.78 is 30.8. The Bertz CT molecular complexity index is 329. The van der Waals surface area contributed by atoms with Gasteiger partial charge in [-0.1, -0.05) is 6.92 Å². The zero-order chi connectivity index (χ0) is 12.0. The van der Waals surface area contributed by atoms with E-state index >= 15 is 0 Å². The van der Waals surface area contributed by atoms with E-state index in [1.54, 1.807) is 0 Å². The number of rotatable bonds is 6. The average molecular weight is 230 g/mol. The van der Waals surface area contributed by atoms with Crippen molar-refractivity contribution in [2.75, 3.05) is 6.61 Å². The van der Waals surface area contributed by atoms with Gasteiger partial charge in [0.05, 0.1) is 12.7 Å². The molecular weight excluding hydrogens is 214 g/mol. The van der Waals surface area contributed by atoms with Crippen LogP contribution in [0.3, 0.4) is 0 Å². The van der Waals surface area contributed by atoms with E-state index in [0.717, 1.165) is 12.1 Å². The SMILES string of the molecule is CCC(O)CCCOc1ccc(F)cc1F. The predicted molar refractivity (Wildman–Crippen MR) is 57.4 cm³/mol. The Morgan fingerprint density at radius 2 is 2.12 bits per heavy atom. The summed E-state index contributed by atoms with van der Waals surface area (Å²) in [7, 11) is 0. The lowest BCUT2D eigenvalue weighted by atomic mass is 10.1. The van der Waals surface area contributed by atoms with Crippen LogP contribution in [0.2, 0.25) is 0 Å².